The van der Waals surface area contributed by atoms with Gasteiger partial charge in [-0.05, 0) is 55.3 Å². The van der Waals surface area contributed by atoms with Crippen molar-refractivity contribution in [2.45, 2.75) is 56.9 Å². The second-order valence-electron chi connectivity index (χ2n) is 9.18. The highest BCUT2D eigenvalue weighted by molar-refractivity contribution is 7.93. The third kappa shape index (κ3) is 4.07. The summed E-state index contributed by atoms with van der Waals surface area (Å²) in [5.41, 5.74) is 1.84. The number of nitrogens with one attached hydrogen (secondary N) is 2. The maximum atomic E-state index is 14.9. The fourth-order valence-electron chi connectivity index (χ4n) is 5.13. The number of hydrogen-bond acceptors (Lipinski definition) is 6. The van der Waals surface area contributed by atoms with Crippen molar-refractivity contribution < 1.29 is 12.8 Å². The van der Waals surface area contributed by atoms with Gasteiger partial charge in [-0.1, -0.05) is 20.8 Å². The summed E-state index contributed by atoms with van der Waals surface area (Å²) in [6, 6.07) is 2.77. The van der Waals surface area contributed by atoms with Crippen LogP contribution < -0.4 is 10.0 Å². The Kier molecular flexibility index (Phi) is 5.57. The van der Waals surface area contributed by atoms with Crippen molar-refractivity contribution >= 4 is 32.2 Å². The summed E-state index contributed by atoms with van der Waals surface area (Å²) >= 11 is 1.15. The van der Waals surface area contributed by atoms with Crippen molar-refractivity contribution in [3.8, 4) is 0 Å². The van der Waals surface area contributed by atoms with Gasteiger partial charge < -0.3 is 5.32 Å². The first-order valence-electron chi connectivity index (χ1n) is 10.4. The van der Waals surface area contributed by atoms with Crippen LogP contribution in [0, 0.1) is 11.2 Å². The zero-order valence-electron chi connectivity index (χ0n) is 17.7. The highest BCUT2D eigenvalue weighted by Gasteiger charge is 2.51. The van der Waals surface area contributed by atoms with Crippen LogP contribution in [0.25, 0.3) is 0 Å². The molecule has 3 heterocycles. The van der Waals surface area contributed by atoms with Crippen LogP contribution in [0.3, 0.4) is 0 Å². The number of sulfonamides is 1. The summed E-state index contributed by atoms with van der Waals surface area (Å²) in [6.45, 7) is 9.50. The zero-order chi connectivity index (χ0) is 21.6. The number of rotatable bonds is 7. The number of benzene rings is 1. The summed E-state index contributed by atoms with van der Waals surface area (Å²) in [6.07, 6.45) is 5.54. The van der Waals surface area contributed by atoms with Crippen molar-refractivity contribution in [1.82, 2.24) is 9.88 Å². The Morgan fingerprint density at radius 2 is 2.13 bits per heavy atom. The largest absolute Gasteiger partial charge is 0.383 e. The second kappa shape index (κ2) is 7.76. The lowest BCUT2D eigenvalue weighted by atomic mass is 9.82. The Morgan fingerprint density at radius 3 is 2.83 bits per heavy atom. The number of nitrogens with zero attached hydrogens (tertiary/aromatic N) is 2. The fourth-order valence-corrected chi connectivity index (χ4v) is 7.03. The van der Waals surface area contributed by atoms with Gasteiger partial charge in [0.25, 0.3) is 10.0 Å². The lowest BCUT2D eigenvalue weighted by Gasteiger charge is -2.33. The average Bonchev–Trinajstić information content (AvgIpc) is 3.34. The smallest absolute Gasteiger partial charge is 0.266 e. The topological polar surface area (TPSA) is 74.3 Å². The van der Waals surface area contributed by atoms with Gasteiger partial charge in [0.2, 0.25) is 0 Å². The van der Waals surface area contributed by atoms with Crippen LogP contribution in [0.15, 0.2) is 28.6 Å². The van der Waals surface area contributed by atoms with Crippen molar-refractivity contribution in [2.24, 2.45) is 5.41 Å². The number of halogens is 1. The lowest BCUT2D eigenvalue weighted by Crippen LogP contribution is -2.44. The maximum Gasteiger partial charge on any atom is 0.266 e. The van der Waals surface area contributed by atoms with E-state index in [0.717, 1.165) is 49.4 Å². The molecule has 0 amide bonds. The molecule has 0 spiro atoms. The molecule has 2 aliphatic rings. The fraction of sp³-hybridized carbons (Fsp3) is 0.571. The molecule has 164 valence electrons. The van der Waals surface area contributed by atoms with Crippen LogP contribution in [-0.2, 0) is 16.4 Å². The minimum atomic E-state index is -4.04. The van der Waals surface area contributed by atoms with E-state index < -0.39 is 15.8 Å². The number of thiazole rings is 1. The van der Waals surface area contributed by atoms with E-state index in [0.29, 0.717) is 12.1 Å². The Morgan fingerprint density at radius 1 is 1.33 bits per heavy atom. The highest BCUT2D eigenvalue weighted by Crippen LogP contribution is 2.47. The highest BCUT2D eigenvalue weighted by atomic mass is 32.2. The standard InChI is InChI=1S/C21H29FN4O2S2/c1-4-15-10-18(30(27,28)25-19-23-7-9-29-19)16(22)11-17(15)24-13-21-6-5-8-26(21)14-20(2,3)12-21/h7,9-11,24H,4-6,8,12-14H2,1-3H3,(H,23,25)/t21-/m1/s1. The SMILES string of the molecule is CCc1cc(S(=O)(=O)Nc2nccs2)c(F)cc1NC[C@]12CCCN1CC(C)(C)C2. The number of aryl methyl sites for hydroxylation is 1. The molecule has 6 nitrogen and oxygen atoms in total. The van der Waals surface area contributed by atoms with Gasteiger partial charge >= 0.3 is 0 Å². The Bertz CT molecular complexity index is 1020. The van der Waals surface area contributed by atoms with E-state index >= 15 is 0 Å². The minimum Gasteiger partial charge on any atom is -0.383 e. The maximum absolute atomic E-state index is 14.9. The third-order valence-electron chi connectivity index (χ3n) is 6.26. The van der Waals surface area contributed by atoms with Crippen LogP contribution in [0.5, 0.6) is 0 Å². The lowest BCUT2D eigenvalue weighted by molar-refractivity contribution is 0.209. The predicted octanol–water partition coefficient (Wildman–Crippen LogP) is 4.32. The molecular weight excluding hydrogens is 423 g/mol. The Hall–Kier alpha value is -1.71. The molecule has 4 rings (SSSR count). The first kappa shape index (κ1) is 21.5. The van der Waals surface area contributed by atoms with E-state index in [9.17, 15) is 12.8 Å². The Balaban J connectivity index is 1.57. The predicted molar refractivity (Wildman–Crippen MR) is 119 cm³/mol. The summed E-state index contributed by atoms with van der Waals surface area (Å²) in [4.78, 5) is 6.14. The number of anilines is 2. The van der Waals surface area contributed by atoms with E-state index in [-0.39, 0.29) is 21.0 Å². The molecule has 30 heavy (non-hydrogen) atoms. The molecule has 0 aliphatic carbocycles. The van der Waals surface area contributed by atoms with Gasteiger partial charge in [0, 0.05) is 35.9 Å². The van der Waals surface area contributed by atoms with E-state index in [1.807, 2.05) is 6.92 Å². The van der Waals surface area contributed by atoms with Gasteiger partial charge in [0.1, 0.15) is 10.7 Å². The average molecular weight is 453 g/mol. The van der Waals surface area contributed by atoms with Gasteiger partial charge in [0.05, 0.1) is 0 Å². The first-order valence-corrected chi connectivity index (χ1v) is 12.7. The number of fused-ring (bicyclic) bond motifs is 1. The molecule has 2 aromatic rings. The molecule has 2 saturated heterocycles. The molecule has 2 fully saturated rings. The second-order valence-corrected chi connectivity index (χ2v) is 11.7. The molecule has 1 aromatic carbocycles. The first-order chi connectivity index (χ1) is 14.1. The number of hydrogen-bond donors (Lipinski definition) is 2. The van der Waals surface area contributed by atoms with E-state index in [1.54, 1.807) is 5.38 Å². The molecular formula is C21H29FN4O2S2. The molecule has 1 atom stereocenters. The summed E-state index contributed by atoms with van der Waals surface area (Å²) in [5.74, 6) is -0.758. The molecule has 0 unspecified atom stereocenters. The van der Waals surface area contributed by atoms with Crippen molar-refractivity contribution in [3.63, 3.8) is 0 Å². The zero-order valence-corrected chi connectivity index (χ0v) is 19.3. The normalized spacial score (nSPS) is 23.5. The van der Waals surface area contributed by atoms with E-state index in [2.05, 4.69) is 33.8 Å². The number of aromatic nitrogens is 1. The van der Waals surface area contributed by atoms with Crippen LogP contribution >= 0.6 is 11.3 Å². The summed E-state index contributed by atoms with van der Waals surface area (Å²) in [7, 11) is -4.04. The van der Waals surface area contributed by atoms with Crippen molar-refractivity contribution in [3.05, 3.63) is 35.1 Å². The van der Waals surface area contributed by atoms with Gasteiger partial charge in [-0.15, -0.1) is 11.3 Å². The van der Waals surface area contributed by atoms with Gasteiger partial charge in [0.15, 0.2) is 5.13 Å². The quantitative estimate of drug-likeness (QED) is 0.654. The molecule has 1 aromatic heterocycles. The van der Waals surface area contributed by atoms with Crippen LogP contribution in [0.4, 0.5) is 15.2 Å². The summed E-state index contributed by atoms with van der Waals surface area (Å²) in [5, 5.41) is 5.35. The third-order valence-corrected chi connectivity index (χ3v) is 8.43. The Labute approximate surface area is 182 Å². The van der Waals surface area contributed by atoms with Crippen molar-refractivity contribution in [1.29, 1.82) is 0 Å². The van der Waals surface area contributed by atoms with Crippen LogP contribution in [-0.4, -0.2) is 43.5 Å². The van der Waals surface area contributed by atoms with Crippen LogP contribution in [0.2, 0.25) is 0 Å². The molecule has 0 bridgehead atoms. The summed E-state index contributed by atoms with van der Waals surface area (Å²) < 4.78 is 42.6. The van der Waals surface area contributed by atoms with E-state index in [4.69, 9.17) is 0 Å². The molecule has 2 N–H and O–H groups in total. The molecule has 0 radical (unpaired) electrons. The minimum absolute atomic E-state index is 0.0993. The monoisotopic (exact) mass is 452 g/mol. The van der Waals surface area contributed by atoms with Crippen LogP contribution in [0.1, 0.15) is 45.6 Å². The van der Waals surface area contributed by atoms with Crippen molar-refractivity contribution in [2.75, 3.05) is 29.7 Å². The molecule has 9 heteroatoms. The van der Waals surface area contributed by atoms with Gasteiger partial charge in [-0.2, -0.15) is 0 Å². The van der Waals surface area contributed by atoms with E-state index in [1.165, 1.54) is 24.8 Å². The molecule has 0 saturated carbocycles. The molecule has 2 aliphatic heterocycles. The van der Waals surface area contributed by atoms with Gasteiger partial charge in [-0.3, -0.25) is 9.62 Å². The van der Waals surface area contributed by atoms with Gasteiger partial charge in [-0.25, -0.2) is 17.8 Å².